The smallest absolute Gasteiger partial charge is 0.337 e. The van der Waals surface area contributed by atoms with Crippen molar-refractivity contribution in [3.63, 3.8) is 0 Å². The largest absolute Gasteiger partial charge is 0.493 e. The van der Waals surface area contributed by atoms with Crippen molar-refractivity contribution in [1.29, 1.82) is 0 Å². The normalized spacial score (nSPS) is 18.3. The number of hydrogen-bond acceptors (Lipinski definition) is 5. The molecule has 1 aromatic heterocycles. The number of carboxylic acids is 1. The second-order valence-corrected chi connectivity index (χ2v) is 12.5. The number of aryl methyl sites for hydroxylation is 2. The molecule has 1 aliphatic rings. The van der Waals surface area contributed by atoms with E-state index in [1.807, 2.05) is 58.9 Å². The highest BCUT2D eigenvalue weighted by molar-refractivity contribution is 5.88. The molecule has 1 saturated heterocycles. The van der Waals surface area contributed by atoms with E-state index in [4.69, 9.17) is 14.5 Å². The summed E-state index contributed by atoms with van der Waals surface area (Å²) in [7, 11) is 0. The number of nitrogens with zero attached hydrogens (tertiary/aromatic N) is 2. The third-order valence-electron chi connectivity index (χ3n) is 7.44. The molecule has 2 heterocycles. The molecule has 41 heavy (non-hydrogen) atoms. The lowest BCUT2D eigenvalue weighted by atomic mass is 9.88. The number of carbonyl (C=O) groups is 1. The lowest BCUT2D eigenvalue weighted by Crippen LogP contribution is -2.40. The zero-order valence-corrected chi connectivity index (χ0v) is 25.3. The molecule has 4 rings (SSSR count). The van der Waals surface area contributed by atoms with E-state index in [-0.39, 0.29) is 5.82 Å². The molecule has 3 unspecified atom stereocenters. The molecule has 0 saturated carbocycles. The highest BCUT2D eigenvalue weighted by Crippen LogP contribution is 2.44. The Hall–Kier alpha value is -3.45. The first kappa shape index (κ1) is 30.5. The van der Waals surface area contributed by atoms with Gasteiger partial charge in [-0.3, -0.25) is 4.98 Å². The summed E-state index contributed by atoms with van der Waals surface area (Å²) in [5.41, 5.74) is 5.26. The fourth-order valence-corrected chi connectivity index (χ4v) is 5.92. The Labute approximate surface area is 243 Å². The Morgan fingerprint density at radius 2 is 1.63 bits per heavy atom. The number of benzene rings is 2. The van der Waals surface area contributed by atoms with Crippen molar-refractivity contribution in [2.24, 2.45) is 11.8 Å². The average Bonchev–Trinajstić information content (AvgIpc) is 2.88. The summed E-state index contributed by atoms with van der Waals surface area (Å²) in [5.74, 6) is 0.398. The van der Waals surface area contributed by atoms with Crippen LogP contribution >= 0.6 is 0 Å². The van der Waals surface area contributed by atoms with Crippen molar-refractivity contribution in [2.45, 2.75) is 73.0 Å². The summed E-state index contributed by atoms with van der Waals surface area (Å²) in [4.78, 5) is 19.9. The lowest BCUT2D eigenvalue weighted by Gasteiger charge is -2.40. The van der Waals surface area contributed by atoms with Crippen molar-refractivity contribution in [3.05, 3.63) is 76.9 Å². The number of pyridine rings is 1. The van der Waals surface area contributed by atoms with Crippen LogP contribution in [-0.2, 0) is 16.0 Å². The van der Waals surface area contributed by atoms with Gasteiger partial charge in [-0.2, -0.15) is 0 Å². The highest BCUT2D eigenvalue weighted by atomic mass is 19.1. The van der Waals surface area contributed by atoms with Gasteiger partial charge in [0.2, 0.25) is 0 Å². The van der Waals surface area contributed by atoms with Crippen LogP contribution in [-0.4, -0.2) is 41.4 Å². The molecule has 0 bridgehead atoms. The van der Waals surface area contributed by atoms with E-state index in [1.165, 1.54) is 12.1 Å². The van der Waals surface area contributed by atoms with Crippen LogP contribution in [0.25, 0.3) is 11.1 Å². The van der Waals surface area contributed by atoms with E-state index in [1.54, 1.807) is 12.1 Å². The molecule has 220 valence electrons. The number of ether oxygens (including phenoxy) is 2. The second kappa shape index (κ2) is 12.6. The van der Waals surface area contributed by atoms with E-state index in [0.717, 1.165) is 53.3 Å². The molecule has 0 aliphatic carbocycles. The zero-order chi connectivity index (χ0) is 29.9. The molecule has 3 aromatic rings. The second-order valence-electron chi connectivity index (χ2n) is 12.5. The van der Waals surface area contributed by atoms with Crippen LogP contribution in [0.4, 0.5) is 10.1 Å². The van der Waals surface area contributed by atoms with Crippen molar-refractivity contribution < 1.29 is 23.8 Å². The molecule has 2 aromatic carbocycles. The van der Waals surface area contributed by atoms with Crippen LogP contribution < -0.4 is 9.64 Å². The number of aromatic nitrogens is 1. The standard InChI is InChI=1S/C34H43FN2O4/c1-21-18-22(2)20-37(19-21)31-29(23(3)36-24(4)30(31)32(33(38)39)41-34(5,6)7)26-10-14-28(15-11-26)40-17-16-25-8-12-27(35)13-9-25/h8-15,21-22,32H,16-20H2,1-7H3,(H,38,39). The number of anilines is 1. The van der Waals surface area contributed by atoms with Crippen LogP contribution in [0.5, 0.6) is 5.75 Å². The first-order chi connectivity index (χ1) is 19.3. The Morgan fingerprint density at radius 3 is 2.20 bits per heavy atom. The number of carboxylic acid groups (broad SMARTS) is 1. The predicted octanol–water partition coefficient (Wildman–Crippen LogP) is 7.55. The quantitative estimate of drug-likeness (QED) is 0.290. The predicted molar refractivity (Wildman–Crippen MR) is 161 cm³/mol. The Bertz CT molecular complexity index is 1340. The first-order valence-corrected chi connectivity index (χ1v) is 14.5. The van der Waals surface area contributed by atoms with E-state index in [2.05, 4.69) is 18.7 Å². The van der Waals surface area contributed by atoms with Gasteiger partial charge in [0, 0.05) is 42.0 Å². The van der Waals surface area contributed by atoms with E-state index in [9.17, 15) is 14.3 Å². The first-order valence-electron chi connectivity index (χ1n) is 14.5. The van der Waals surface area contributed by atoms with Gasteiger partial charge in [-0.05, 0) is 88.3 Å². The average molecular weight is 563 g/mol. The van der Waals surface area contributed by atoms with Gasteiger partial charge in [-0.25, -0.2) is 9.18 Å². The van der Waals surface area contributed by atoms with Gasteiger partial charge in [0.05, 0.1) is 17.9 Å². The summed E-state index contributed by atoms with van der Waals surface area (Å²) in [6, 6.07) is 14.3. The van der Waals surface area contributed by atoms with Crippen LogP contribution in [0.3, 0.4) is 0 Å². The molecule has 1 aliphatic heterocycles. The minimum atomic E-state index is -1.15. The number of aliphatic carboxylic acids is 1. The number of rotatable bonds is 9. The molecule has 3 atom stereocenters. The monoisotopic (exact) mass is 562 g/mol. The minimum Gasteiger partial charge on any atom is -0.493 e. The van der Waals surface area contributed by atoms with E-state index in [0.29, 0.717) is 36.1 Å². The van der Waals surface area contributed by atoms with Crippen molar-refractivity contribution >= 4 is 11.7 Å². The van der Waals surface area contributed by atoms with E-state index < -0.39 is 17.7 Å². The number of piperidine rings is 1. The topological polar surface area (TPSA) is 71.9 Å². The van der Waals surface area contributed by atoms with Gasteiger partial charge in [-0.15, -0.1) is 0 Å². The molecule has 0 spiro atoms. The summed E-state index contributed by atoms with van der Waals surface area (Å²) in [6.45, 7) is 16.1. The molecular weight excluding hydrogens is 519 g/mol. The van der Waals surface area contributed by atoms with Crippen LogP contribution in [0.15, 0.2) is 48.5 Å². The Morgan fingerprint density at radius 1 is 1.02 bits per heavy atom. The molecule has 1 N–H and O–H groups in total. The molecule has 0 radical (unpaired) electrons. The maximum atomic E-state index is 13.2. The molecule has 7 heteroatoms. The lowest BCUT2D eigenvalue weighted by molar-refractivity contribution is -0.160. The number of halogens is 1. The molecule has 0 amide bonds. The fraction of sp³-hybridized carbons (Fsp3) is 0.471. The maximum Gasteiger partial charge on any atom is 0.337 e. The highest BCUT2D eigenvalue weighted by Gasteiger charge is 2.36. The van der Waals surface area contributed by atoms with Crippen LogP contribution in [0.2, 0.25) is 0 Å². The van der Waals surface area contributed by atoms with Crippen molar-refractivity contribution in [1.82, 2.24) is 4.98 Å². The SMILES string of the molecule is Cc1nc(C)c(C(OC(C)(C)C)C(=O)O)c(N2CC(C)CC(C)C2)c1-c1ccc(OCCc2ccc(F)cc2)cc1. The summed E-state index contributed by atoms with van der Waals surface area (Å²) in [5, 5.41) is 10.4. The van der Waals surface area contributed by atoms with Gasteiger partial charge < -0.3 is 19.5 Å². The van der Waals surface area contributed by atoms with Crippen LogP contribution in [0.1, 0.15) is 69.7 Å². The molecule has 6 nitrogen and oxygen atoms in total. The van der Waals surface area contributed by atoms with E-state index >= 15 is 0 Å². The van der Waals surface area contributed by atoms with Gasteiger partial charge in [0.1, 0.15) is 11.6 Å². The molecular formula is C34H43FN2O4. The summed E-state index contributed by atoms with van der Waals surface area (Å²) < 4.78 is 25.4. The van der Waals surface area contributed by atoms with Crippen LogP contribution in [0, 0.1) is 31.5 Å². The zero-order valence-electron chi connectivity index (χ0n) is 25.3. The number of hydrogen-bond donors (Lipinski definition) is 1. The van der Waals surface area contributed by atoms with Gasteiger partial charge in [0.25, 0.3) is 0 Å². The Balaban J connectivity index is 1.74. The van der Waals surface area contributed by atoms with Crippen molar-refractivity contribution in [3.8, 4) is 16.9 Å². The maximum absolute atomic E-state index is 13.2. The summed E-state index contributed by atoms with van der Waals surface area (Å²) >= 11 is 0. The summed E-state index contributed by atoms with van der Waals surface area (Å²) in [6.07, 6.45) is 0.653. The third-order valence-corrected chi connectivity index (χ3v) is 7.44. The van der Waals surface area contributed by atoms with Gasteiger partial charge in [-0.1, -0.05) is 38.1 Å². The van der Waals surface area contributed by atoms with Gasteiger partial charge >= 0.3 is 5.97 Å². The Kier molecular flexibility index (Phi) is 9.37. The molecule has 1 fully saturated rings. The third kappa shape index (κ3) is 7.64. The van der Waals surface area contributed by atoms with Gasteiger partial charge in [0.15, 0.2) is 6.10 Å². The minimum absolute atomic E-state index is 0.248. The van der Waals surface area contributed by atoms with Crippen molar-refractivity contribution in [2.75, 3.05) is 24.6 Å². The fourth-order valence-electron chi connectivity index (χ4n) is 5.92.